The molecule has 1 aliphatic carbocycles. The van der Waals surface area contributed by atoms with E-state index >= 15 is 0 Å². The first-order valence-electron chi connectivity index (χ1n) is 7.08. The molecule has 0 aliphatic heterocycles. The second-order valence-electron chi connectivity index (χ2n) is 5.67. The molecule has 2 N–H and O–H groups in total. The van der Waals surface area contributed by atoms with Crippen molar-refractivity contribution in [2.45, 2.75) is 43.8 Å². The Kier molecular flexibility index (Phi) is 3.29. The van der Waals surface area contributed by atoms with Crippen LogP contribution in [0.5, 0.6) is 0 Å². The van der Waals surface area contributed by atoms with Crippen molar-refractivity contribution in [3.05, 3.63) is 48.0 Å². The maximum atomic E-state index is 10.6. The van der Waals surface area contributed by atoms with Crippen LogP contribution in [0.2, 0.25) is 0 Å². The molecule has 2 nitrogen and oxygen atoms in total. The van der Waals surface area contributed by atoms with Crippen LogP contribution in [0.15, 0.2) is 42.5 Å². The van der Waals surface area contributed by atoms with Crippen molar-refractivity contribution >= 4 is 10.8 Å². The smallest absolute Gasteiger partial charge is 0.108 e. The lowest BCUT2D eigenvalue weighted by Gasteiger charge is -2.36. The summed E-state index contributed by atoms with van der Waals surface area (Å²) in [5, 5.41) is 23.4. The fourth-order valence-corrected chi connectivity index (χ4v) is 3.13. The largest absolute Gasteiger partial charge is 0.387 e. The minimum Gasteiger partial charge on any atom is -0.387 e. The van der Waals surface area contributed by atoms with Gasteiger partial charge in [-0.2, -0.15) is 0 Å². The molecule has 1 unspecified atom stereocenters. The molecule has 0 aromatic heterocycles. The Morgan fingerprint density at radius 3 is 2.32 bits per heavy atom. The van der Waals surface area contributed by atoms with Gasteiger partial charge in [0.15, 0.2) is 0 Å². The quantitative estimate of drug-likeness (QED) is 0.862. The van der Waals surface area contributed by atoms with E-state index in [1.54, 1.807) is 0 Å². The van der Waals surface area contributed by atoms with E-state index < -0.39 is 11.7 Å². The Morgan fingerprint density at radius 2 is 1.58 bits per heavy atom. The molecule has 1 aliphatic rings. The SMILES string of the molecule is OC(c1ccc2ccccc2c1)C1(O)CCCCC1. The Morgan fingerprint density at radius 1 is 0.895 bits per heavy atom. The van der Waals surface area contributed by atoms with Gasteiger partial charge in [0, 0.05) is 0 Å². The van der Waals surface area contributed by atoms with Crippen LogP contribution >= 0.6 is 0 Å². The zero-order chi connectivity index (χ0) is 13.3. The van der Waals surface area contributed by atoms with E-state index in [0.717, 1.165) is 35.6 Å². The highest BCUT2D eigenvalue weighted by atomic mass is 16.3. The van der Waals surface area contributed by atoms with Crippen LogP contribution in [0.1, 0.15) is 43.8 Å². The third-order valence-electron chi connectivity index (χ3n) is 4.32. The molecular weight excluding hydrogens is 236 g/mol. The lowest BCUT2D eigenvalue weighted by Crippen LogP contribution is -2.38. The van der Waals surface area contributed by atoms with E-state index in [2.05, 4.69) is 6.07 Å². The predicted octanol–water partition coefficient (Wildman–Crippen LogP) is 3.57. The van der Waals surface area contributed by atoms with Gasteiger partial charge in [-0.25, -0.2) is 0 Å². The number of benzene rings is 2. The van der Waals surface area contributed by atoms with Gasteiger partial charge >= 0.3 is 0 Å². The average Bonchev–Trinajstić information content (AvgIpc) is 2.47. The molecule has 0 amide bonds. The topological polar surface area (TPSA) is 40.5 Å². The summed E-state index contributed by atoms with van der Waals surface area (Å²) in [6, 6.07) is 14.0. The number of aliphatic hydroxyl groups is 2. The molecule has 0 radical (unpaired) electrons. The minimum absolute atomic E-state index is 0.695. The van der Waals surface area contributed by atoms with Crippen LogP contribution in [-0.2, 0) is 0 Å². The summed E-state index contributed by atoms with van der Waals surface area (Å²) in [4.78, 5) is 0. The summed E-state index contributed by atoms with van der Waals surface area (Å²) in [5.74, 6) is 0. The van der Waals surface area contributed by atoms with E-state index in [0.29, 0.717) is 12.8 Å². The summed E-state index contributed by atoms with van der Waals surface area (Å²) in [6.07, 6.45) is 3.77. The molecule has 2 aromatic rings. The maximum Gasteiger partial charge on any atom is 0.108 e. The number of rotatable bonds is 2. The highest BCUT2D eigenvalue weighted by Gasteiger charge is 2.37. The molecule has 2 aromatic carbocycles. The zero-order valence-corrected chi connectivity index (χ0v) is 11.0. The van der Waals surface area contributed by atoms with Gasteiger partial charge in [-0.1, -0.05) is 55.7 Å². The third-order valence-corrected chi connectivity index (χ3v) is 4.32. The molecule has 1 saturated carbocycles. The summed E-state index contributed by atoms with van der Waals surface area (Å²) < 4.78 is 0. The Labute approximate surface area is 113 Å². The van der Waals surface area contributed by atoms with Crippen molar-refractivity contribution in [3.8, 4) is 0 Å². The van der Waals surface area contributed by atoms with E-state index in [1.807, 2.05) is 36.4 Å². The van der Waals surface area contributed by atoms with E-state index in [4.69, 9.17) is 0 Å². The van der Waals surface area contributed by atoms with Crippen molar-refractivity contribution in [1.82, 2.24) is 0 Å². The summed E-state index contributed by atoms with van der Waals surface area (Å²) in [6.45, 7) is 0. The summed E-state index contributed by atoms with van der Waals surface area (Å²) >= 11 is 0. The van der Waals surface area contributed by atoms with Gasteiger partial charge in [-0.3, -0.25) is 0 Å². The maximum absolute atomic E-state index is 10.6. The molecule has 0 heterocycles. The van der Waals surface area contributed by atoms with Crippen LogP contribution in [0, 0.1) is 0 Å². The lowest BCUT2D eigenvalue weighted by atomic mass is 9.78. The molecule has 0 saturated heterocycles. The first kappa shape index (κ1) is 12.6. The van der Waals surface area contributed by atoms with Gasteiger partial charge in [-0.05, 0) is 35.2 Å². The Bertz CT molecular complexity index is 570. The molecule has 1 fully saturated rings. The highest BCUT2D eigenvalue weighted by Crippen LogP contribution is 2.38. The predicted molar refractivity (Wildman–Crippen MR) is 76.9 cm³/mol. The van der Waals surface area contributed by atoms with Gasteiger partial charge in [0.1, 0.15) is 6.10 Å². The molecular formula is C17H20O2. The van der Waals surface area contributed by atoms with E-state index in [1.165, 1.54) is 0 Å². The number of hydrogen-bond acceptors (Lipinski definition) is 2. The number of fused-ring (bicyclic) bond motifs is 1. The Balaban J connectivity index is 1.94. The van der Waals surface area contributed by atoms with Crippen LogP contribution in [-0.4, -0.2) is 15.8 Å². The van der Waals surface area contributed by atoms with Crippen molar-refractivity contribution in [2.75, 3.05) is 0 Å². The number of hydrogen-bond donors (Lipinski definition) is 2. The standard InChI is InChI=1S/C17H20O2/c18-16(17(19)10-4-1-5-11-17)15-9-8-13-6-2-3-7-14(13)12-15/h2-3,6-9,12,16,18-19H,1,4-5,10-11H2. The van der Waals surface area contributed by atoms with Crippen LogP contribution in [0.4, 0.5) is 0 Å². The fraction of sp³-hybridized carbons (Fsp3) is 0.412. The summed E-state index contributed by atoms with van der Waals surface area (Å²) in [7, 11) is 0. The Hall–Kier alpha value is -1.38. The van der Waals surface area contributed by atoms with Crippen molar-refractivity contribution < 1.29 is 10.2 Å². The van der Waals surface area contributed by atoms with Crippen LogP contribution in [0.25, 0.3) is 10.8 Å². The monoisotopic (exact) mass is 256 g/mol. The molecule has 1 atom stereocenters. The van der Waals surface area contributed by atoms with Crippen molar-refractivity contribution in [2.24, 2.45) is 0 Å². The first-order chi connectivity index (χ1) is 9.19. The lowest BCUT2D eigenvalue weighted by molar-refractivity contribution is -0.0991. The second-order valence-corrected chi connectivity index (χ2v) is 5.67. The molecule has 100 valence electrons. The van der Waals surface area contributed by atoms with Crippen LogP contribution < -0.4 is 0 Å². The van der Waals surface area contributed by atoms with Gasteiger partial charge < -0.3 is 10.2 Å². The molecule has 3 rings (SSSR count). The minimum atomic E-state index is -0.944. The zero-order valence-electron chi connectivity index (χ0n) is 11.0. The molecule has 0 bridgehead atoms. The molecule has 2 heteroatoms. The van der Waals surface area contributed by atoms with E-state index in [9.17, 15) is 10.2 Å². The van der Waals surface area contributed by atoms with E-state index in [-0.39, 0.29) is 0 Å². The van der Waals surface area contributed by atoms with Gasteiger partial charge in [0.25, 0.3) is 0 Å². The van der Waals surface area contributed by atoms with Gasteiger partial charge in [-0.15, -0.1) is 0 Å². The van der Waals surface area contributed by atoms with Gasteiger partial charge in [0.2, 0.25) is 0 Å². The van der Waals surface area contributed by atoms with Crippen LogP contribution in [0.3, 0.4) is 0 Å². The molecule has 0 spiro atoms. The second kappa shape index (κ2) is 4.95. The first-order valence-corrected chi connectivity index (χ1v) is 7.08. The fourth-order valence-electron chi connectivity index (χ4n) is 3.13. The van der Waals surface area contributed by atoms with Crippen molar-refractivity contribution in [3.63, 3.8) is 0 Å². The van der Waals surface area contributed by atoms with Crippen molar-refractivity contribution in [1.29, 1.82) is 0 Å². The van der Waals surface area contributed by atoms with Gasteiger partial charge in [0.05, 0.1) is 5.60 Å². The summed E-state index contributed by atoms with van der Waals surface area (Å²) in [5.41, 5.74) is -0.121. The normalized spacial score (nSPS) is 20.3. The number of aliphatic hydroxyl groups excluding tert-OH is 1. The highest BCUT2D eigenvalue weighted by molar-refractivity contribution is 5.83. The third kappa shape index (κ3) is 2.38. The average molecular weight is 256 g/mol. The molecule has 19 heavy (non-hydrogen) atoms.